The minimum atomic E-state index is -4.35. The first-order valence-corrected chi connectivity index (χ1v) is 3.72. The highest BCUT2D eigenvalue weighted by molar-refractivity contribution is 9.09. The molecule has 0 unspecified atom stereocenters. The molecular weight excluding hydrogens is 213 g/mol. The summed E-state index contributed by atoms with van der Waals surface area (Å²) in [6.45, 7) is 0. The number of alkyl halides is 4. The van der Waals surface area contributed by atoms with Crippen molar-refractivity contribution in [3.05, 3.63) is 0 Å². The number of halogens is 4. The summed E-state index contributed by atoms with van der Waals surface area (Å²) in [5, 5.41) is 0.294. The maximum atomic E-state index is 11.4. The third-order valence-corrected chi connectivity index (χ3v) is 1.17. The van der Waals surface area contributed by atoms with Crippen molar-refractivity contribution < 1.29 is 18.0 Å². The fraction of sp³-hybridized carbons (Fsp3) is 0.800. The Kier molecular flexibility index (Phi) is 3.93. The van der Waals surface area contributed by atoms with E-state index in [1.165, 1.54) is 0 Å². The van der Waals surface area contributed by atoms with E-state index in [9.17, 15) is 18.0 Å². The molecule has 0 spiro atoms. The number of ketones is 1. The number of Topliss-reactive ketones (excluding diaryl/α,β-unsaturated/α-hetero) is 1. The molecule has 60 valence electrons. The largest absolute Gasteiger partial charge is 0.395 e. The summed E-state index contributed by atoms with van der Waals surface area (Å²) >= 11 is 2.87. The standard InChI is InChI=1S/C5H6BrF3O/c6-2-1-4(10)3-5(7,8)9/h1-3H2. The van der Waals surface area contributed by atoms with E-state index in [1.807, 2.05) is 0 Å². The van der Waals surface area contributed by atoms with Gasteiger partial charge in [0.25, 0.3) is 0 Å². The Labute approximate surface area is 64.7 Å². The van der Waals surface area contributed by atoms with E-state index < -0.39 is 18.4 Å². The molecule has 1 nitrogen and oxygen atoms in total. The van der Waals surface area contributed by atoms with E-state index in [4.69, 9.17) is 0 Å². The van der Waals surface area contributed by atoms with Crippen LogP contribution in [0.15, 0.2) is 0 Å². The van der Waals surface area contributed by atoms with Crippen LogP contribution in [0.1, 0.15) is 12.8 Å². The second kappa shape index (κ2) is 3.95. The second-order valence-electron chi connectivity index (χ2n) is 1.77. The quantitative estimate of drug-likeness (QED) is 0.665. The van der Waals surface area contributed by atoms with E-state index in [0.29, 0.717) is 5.33 Å². The average Bonchev–Trinajstić information content (AvgIpc) is 1.59. The van der Waals surface area contributed by atoms with Crippen molar-refractivity contribution in [3.8, 4) is 0 Å². The van der Waals surface area contributed by atoms with Crippen LogP contribution in [0.4, 0.5) is 13.2 Å². The zero-order chi connectivity index (χ0) is 8.20. The third-order valence-electron chi connectivity index (χ3n) is 0.771. The number of carbonyl (C=O) groups excluding carboxylic acids is 1. The van der Waals surface area contributed by atoms with Gasteiger partial charge in [0.1, 0.15) is 12.2 Å². The van der Waals surface area contributed by atoms with Gasteiger partial charge in [0, 0.05) is 11.8 Å². The van der Waals surface area contributed by atoms with Crippen LogP contribution in [0.2, 0.25) is 0 Å². The monoisotopic (exact) mass is 218 g/mol. The van der Waals surface area contributed by atoms with Gasteiger partial charge < -0.3 is 0 Å². The van der Waals surface area contributed by atoms with Crippen LogP contribution < -0.4 is 0 Å². The zero-order valence-electron chi connectivity index (χ0n) is 5.04. The molecule has 0 fully saturated rings. The Balaban J connectivity index is 3.58. The average molecular weight is 219 g/mol. The summed E-state index contributed by atoms with van der Waals surface area (Å²) < 4.78 is 34.2. The highest BCUT2D eigenvalue weighted by atomic mass is 79.9. The molecule has 0 saturated heterocycles. The van der Waals surface area contributed by atoms with Crippen LogP contribution in [0.3, 0.4) is 0 Å². The van der Waals surface area contributed by atoms with E-state index in [0.717, 1.165) is 0 Å². The number of rotatable bonds is 3. The van der Waals surface area contributed by atoms with Gasteiger partial charge >= 0.3 is 6.18 Å². The van der Waals surface area contributed by atoms with Crippen LogP contribution in [-0.2, 0) is 4.79 Å². The summed E-state index contributed by atoms with van der Waals surface area (Å²) in [4.78, 5) is 10.3. The molecule has 0 heterocycles. The molecule has 0 N–H and O–H groups in total. The molecule has 0 aliphatic heterocycles. The Hall–Kier alpha value is -0.0600. The molecule has 5 heteroatoms. The SMILES string of the molecule is O=C(CCBr)CC(F)(F)F. The molecule has 0 aliphatic carbocycles. The Bertz CT molecular complexity index is 121. The molecule has 0 aromatic rings. The lowest BCUT2D eigenvalue weighted by molar-refractivity contribution is -0.151. The number of hydrogen-bond acceptors (Lipinski definition) is 1. The molecule has 10 heavy (non-hydrogen) atoms. The minimum absolute atomic E-state index is 0.0560. The number of carbonyl (C=O) groups is 1. The van der Waals surface area contributed by atoms with Gasteiger partial charge in [0.15, 0.2) is 0 Å². The maximum absolute atomic E-state index is 11.4. The predicted molar refractivity (Wildman–Crippen MR) is 34.1 cm³/mol. The van der Waals surface area contributed by atoms with Crippen molar-refractivity contribution >= 4 is 21.7 Å². The Morgan fingerprint density at radius 3 is 2.20 bits per heavy atom. The summed E-state index contributed by atoms with van der Waals surface area (Å²) in [5.41, 5.74) is 0. The fourth-order valence-electron chi connectivity index (χ4n) is 0.417. The maximum Gasteiger partial charge on any atom is 0.395 e. The van der Waals surface area contributed by atoms with Gasteiger partial charge in [-0.3, -0.25) is 4.79 Å². The first kappa shape index (κ1) is 9.94. The normalized spacial score (nSPS) is 11.6. The molecule has 0 aromatic carbocycles. The smallest absolute Gasteiger partial charge is 0.299 e. The summed E-state index contributed by atoms with van der Waals surface area (Å²) in [6.07, 6.45) is -5.71. The van der Waals surface area contributed by atoms with Crippen LogP contribution >= 0.6 is 15.9 Å². The third kappa shape index (κ3) is 6.07. The minimum Gasteiger partial charge on any atom is -0.299 e. The summed E-state index contributed by atoms with van der Waals surface area (Å²) in [7, 11) is 0. The molecule has 0 radical (unpaired) electrons. The summed E-state index contributed by atoms with van der Waals surface area (Å²) in [5.74, 6) is -0.774. The van der Waals surface area contributed by atoms with Gasteiger partial charge in [-0.1, -0.05) is 15.9 Å². The first-order chi connectivity index (χ1) is 4.45. The van der Waals surface area contributed by atoms with Crippen molar-refractivity contribution in [2.45, 2.75) is 19.0 Å². The van der Waals surface area contributed by atoms with Crippen molar-refractivity contribution in [3.63, 3.8) is 0 Å². The van der Waals surface area contributed by atoms with Crippen LogP contribution in [-0.4, -0.2) is 17.3 Å². The first-order valence-electron chi connectivity index (χ1n) is 2.60. The number of hydrogen-bond donors (Lipinski definition) is 0. The molecule has 0 bridgehead atoms. The van der Waals surface area contributed by atoms with Gasteiger partial charge in [-0.2, -0.15) is 13.2 Å². The lowest BCUT2D eigenvalue weighted by Gasteiger charge is -2.02. The molecule has 0 amide bonds. The molecule has 0 saturated carbocycles. The molecular formula is C5H6BrF3O. The summed E-state index contributed by atoms with van der Waals surface area (Å²) in [6, 6.07) is 0. The highest BCUT2D eigenvalue weighted by Crippen LogP contribution is 2.20. The van der Waals surface area contributed by atoms with E-state index in [2.05, 4.69) is 15.9 Å². The van der Waals surface area contributed by atoms with Crippen LogP contribution in [0.5, 0.6) is 0 Å². The van der Waals surface area contributed by atoms with Crippen molar-refractivity contribution in [1.29, 1.82) is 0 Å². The van der Waals surface area contributed by atoms with E-state index in [1.54, 1.807) is 0 Å². The second-order valence-corrected chi connectivity index (χ2v) is 2.56. The molecule has 0 atom stereocenters. The fourth-order valence-corrected chi connectivity index (χ4v) is 0.860. The van der Waals surface area contributed by atoms with Gasteiger partial charge in [-0.05, 0) is 0 Å². The Morgan fingerprint density at radius 1 is 1.40 bits per heavy atom. The van der Waals surface area contributed by atoms with Crippen molar-refractivity contribution in [2.75, 3.05) is 5.33 Å². The highest BCUT2D eigenvalue weighted by Gasteiger charge is 2.30. The van der Waals surface area contributed by atoms with E-state index >= 15 is 0 Å². The van der Waals surface area contributed by atoms with Crippen molar-refractivity contribution in [2.24, 2.45) is 0 Å². The topological polar surface area (TPSA) is 17.1 Å². The Morgan fingerprint density at radius 2 is 1.90 bits per heavy atom. The van der Waals surface area contributed by atoms with Crippen molar-refractivity contribution in [1.82, 2.24) is 0 Å². The lowest BCUT2D eigenvalue weighted by Crippen LogP contribution is -2.14. The van der Waals surface area contributed by atoms with Gasteiger partial charge in [0.05, 0.1) is 0 Å². The zero-order valence-corrected chi connectivity index (χ0v) is 6.63. The van der Waals surface area contributed by atoms with Crippen LogP contribution in [0, 0.1) is 0 Å². The van der Waals surface area contributed by atoms with Gasteiger partial charge in [0.2, 0.25) is 0 Å². The van der Waals surface area contributed by atoms with Gasteiger partial charge in [-0.15, -0.1) is 0 Å². The lowest BCUT2D eigenvalue weighted by atomic mass is 10.2. The molecule has 0 aromatic heterocycles. The molecule has 0 rings (SSSR count). The van der Waals surface area contributed by atoms with E-state index in [-0.39, 0.29) is 6.42 Å². The van der Waals surface area contributed by atoms with Gasteiger partial charge in [-0.25, -0.2) is 0 Å². The molecule has 0 aliphatic rings. The van der Waals surface area contributed by atoms with Crippen LogP contribution in [0.25, 0.3) is 0 Å². The predicted octanol–water partition coefficient (Wildman–Crippen LogP) is 2.29.